The van der Waals surface area contributed by atoms with Crippen LogP contribution >= 0.6 is 0 Å². The van der Waals surface area contributed by atoms with E-state index in [4.69, 9.17) is 58.6 Å². The number of aromatic nitrogens is 16. The summed E-state index contributed by atoms with van der Waals surface area (Å²) in [6.07, 6.45) is 44.6. The number of hydrogen-bond acceptors (Lipinski definition) is 35. The van der Waals surface area contributed by atoms with E-state index in [0.29, 0.717) is 130 Å². The van der Waals surface area contributed by atoms with Gasteiger partial charge >= 0.3 is 0 Å². The zero-order valence-electron chi connectivity index (χ0n) is 82.8. The molecule has 0 bridgehead atoms. The highest BCUT2D eigenvalue weighted by Gasteiger charge is 2.37. The van der Waals surface area contributed by atoms with Gasteiger partial charge in [0.05, 0.1) is 132 Å². The first-order chi connectivity index (χ1) is 69.0. The van der Waals surface area contributed by atoms with Crippen molar-refractivity contribution in [3.05, 3.63) is 178 Å². The van der Waals surface area contributed by atoms with Crippen molar-refractivity contribution in [2.75, 3.05) is 180 Å². The van der Waals surface area contributed by atoms with Gasteiger partial charge in [-0.15, -0.1) is 0 Å². The van der Waals surface area contributed by atoms with Gasteiger partial charge in [0.15, 0.2) is 52.4 Å². The predicted molar refractivity (Wildman–Crippen MR) is 561 cm³/mol. The highest BCUT2D eigenvalue weighted by atomic mass is 32.2. The van der Waals surface area contributed by atoms with Crippen LogP contribution in [0.3, 0.4) is 0 Å². The monoisotopic (exact) mass is 2060 g/mol. The van der Waals surface area contributed by atoms with Crippen molar-refractivity contribution < 1.29 is 57.9 Å². The predicted octanol–water partition coefficient (Wildman–Crippen LogP) is 15.0. The number of para-hydroxylation sites is 1. The van der Waals surface area contributed by atoms with Crippen LogP contribution in [0.5, 0.6) is 0 Å². The molecule has 0 N–H and O–H groups in total. The number of morpholine rings is 5. The molecule has 0 radical (unpaired) electrons. The number of allylic oxidation sites excluding steroid dienone is 4. The summed E-state index contributed by atoms with van der Waals surface area (Å²) in [7, 11) is -11.9. The standard InChI is InChI=1S/2C21H25N5O2S.C20H26N6O2S.C19H21F2N5O2S.C19H22FN5O2S/c2*1-14-13-28-9-8-26(14)20-10-19(25-29(2,27)16-6-7-16)23-21(24-20)18-12-22-11-15-4-3-5-17(15)18;1-13-7-6-8-16-19(13)21-15(3)26(16)20-22-17(24-29(4,5)27)11-18(23-20)25-9-10-28-12-14(25)2;1-29(2,27)25-16-10-17(26-8-9-28-11-15(26)18(20)21)24-19(23-16)13-6-7-22-14-5-3-4-12(13)14;1-28(2,26)24-17-10-18(25-8-9-27-12-13(25)11-20)23-19(22-17)15-6-7-21-16-5-3-4-14(15)16/h2*3,5,10-12,14,16H,4,6-9,13H2,1-2H3;6-8,11,14H,9-10,12H2,1-5H3;3-4,6-7,10,15,18H,5,8-9,11H2,1-2H3;3-4,6-7,10,13H,5,8-9,11-12H2,1-2H3/t14-,29+;14-,29-;14-;15-;13-/m11101/s1. The molecule has 10 aromatic heterocycles. The average molecular weight is 2060 g/mol. The van der Waals surface area contributed by atoms with Crippen molar-refractivity contribution in [3.8, 4) is 51.5 Å². The fourth-order valence-corrected chi connectivity index (χ4v) is 23.2. The van der Waals surface area contributed by atoms with Crippen LogP contribution in [-0.2, 0) is 98.0 Å². The second-order valence-electron chi connectivity index (χ2n) is 38.1. The number of pyridine rings is 4. The number of anilines is 5. The summed E-state index contributed by atoms with van der Waals surface area (Å²) in [4.78, 5) is 79.2. The van der Waals surface area contributed by atoms with Crippen LogP contribution in [0, 0.1) is 13.8 Å². The first kappa shape index (κ1) is 102. The van der Waals surface area contributed by atoms with Gasteiger partial charge in [-0.1, -0.05) is 60.7 Å². The summed E-state index contributed by atoms with van der Waals surface area (Å²) >= 11 is 0. The SMILES string of the molecule is CS(C)(=O)=Nc1cc(N2CCOC[C@H]2C(F)F)nc(-c2ccnc3c2C=CC3)n1.CS(C)(=O)=Nc1cc(N2CCOC[C@H]2CF)nc(-c2ccnc3c2C=CC3)n1.C[C@@H]1COCCN1c1cc(N=[S@@](C)(=O)C2CC2)nc(-c2cncc3c2C=CC3)n1.C[C@@H]1COCCN1c1cc(N=[S@](C)(=O)C2CC2)nc(-c2cncc3c2C=CC3)n1.Cc1cccc2c1nc(C)n2-c1nc(N=S(C)(C)=O)cc(N2CCOC[C@H]2C)n1. The van der Waals surface area contributed by atoms with E-state index >= 15 is 0 Å². The van der Waals surface area contributed by atoms with Gasteiger partial charge in [0, 0.05) is 236 Å². The Hall–Kier alpha value is -12.0. The van der Waals surface area contributed by atoms with Gasteiger partial charge in [-0.05, 0) is 119 Å². The van der Waals surface area contributed by atoms with Gasteiger partial charge in [-0.25, -0.2) is 79.1 Å². The van der Waals surface area contributed by atoms with Crippen molar-refractivity contribution in [3.63, 3.8) is 0 Å². The van der Waals surface area contributed by atoms with E-state index in [1.165, 1.54) is 34.6 Å². The molecule has 760 valence electrons. The van der Waals surface area contributed by atoms with Crippen LogP contribution < -0.4 is 24.5 Å². The molecule has 36 nitrogen and oxygen atoms in total. The van der Waals surface area contributed by atoms with Crippen LogP contribution in [0.2, 0.25) is 0 Å². The largest absolute Gasteiger partial charge is 0.377 e. The molecule has 15 heterocycles. The van der Waals surface area contributed by atoms with Crippen molar-refractivity contribution in [1.82, 2.24) is 79.3 Å². The Kier molecular flexibility index (Phi) is 30.7. The third-order valence-corrected chi connectivity index (χ3v) is 32.0. The Labute approximate surface area is 838 Å². The minimum atomic E-state index is -2.59. The molecule has 0 unspecified atom stereocenters. The summed E-state index contributed by atoms with van der Waals surface area (Å²) in [6, 6.07) is 17.4. The summed E-state index contributed by atoms with van der Waals surface area (Å²) < 4.78 is 155. The fourth-order valence-electron chi connectivity index (χ4n) is 18.3. The molecule has 1 aromatic carbocycles. The summed E-state index contributed by atoms with van der Waals surface area (Å²) in [5, 5.41) is 0.356. The van der Waals surface area contributed by atoms with Gasteiger partial charge in [0.2, 0.25) is 5.95 Å². The molecule has 11 aromatic rings. The van der Waals surface area contributed by atoms with E-state index in [0.717, 1.165) is 167 Å². The summed E-state index contributed by atoms with van der Waals surface area (Å²) in [5.41, 5.74) is 14.6. The van der Waals surface area contributed by atoms with Crippen molar-refractivity contribution in [2.45, 2.75) is 133 Å². The maximum atomic E-state index is 13.6. The molecule has 0 spiro atoms. The van der Waals surface area contributed by atoms with Crippen LogP contribution in [0.15, 0.2) is 144 Å². The molecule has 144 heavy (non-hydrogen) atoms. The lowest BCUT2D eigenvalue weighted by Gasteiger charge is -2.36. The third kappa shape index (κ3) is 24.4. The smallest absolute Gasteiger partial charge is 0.260 e. The van der Waals surface area contributed by atoms with Crippen molar-refractivity contribution in [2.24, 2.45) is 21.8 Å². The fraction of sp³-hybridized carbons (Fsp3) is 0.450. The molecule has 5 aliphatic heterocycles. The number of hydrogen-bond donors (Lipinski definition) is 0. The first-order valence-electron chi connectivity index (χ1n) is 48.0. The highest BCUT2D eigenvalue weighted by Crippen LogP contribution is 2.42. The quantitative estimate of drug-likeness (QED) is 0.0725. The van der Waals surface area contributed by atoms with E-state index in [-0.39, 0.29) is 47.6 Å². The normalized spacial score (nSPS) is 20.3. The zero-order valence-corrected chi connectivity index (χ0v) is 86.9. The Morgan fingerprint density at radius 2 is 0.785 bits per heavy atom. The number of halogens is 3. The number of alkyl halides is 3. The van der Waals surface area contributed by atoms with E-state index in [1.807, 2.05) is 109 Å². The number of imidazole rings is 1. The maximum absolute atomic E-state index is 13.6. The summed E-state index contributed by atoms with van der Waals surface area (Å²) in [6.45, 7) is 17.7. The highest BCUT2D eigenvalue weighted by molar-refractivity contribution is 7.94. The number of rotatable bonds is 19. The molecular formula is C100H119F3N26O10S5. The van der Waals surface area contributed by atoms with Crippen LogP contribution in [-0.4, -0.2) is 303 Å². The van der Waals surface area contributed by atoms with Crippen LogP contribution in [0.4, 0.5) is 71.3 Å². The molecular weight excluding hydrogens is 1940 g/mol. The van der Waals surface area contributed by atoms with E-state index in [9.17, 15) is 34.2 Å². The lowest BCUT2D eigenvalue weighted by molar-refractivity contribution is 0.0203. The molecule has 11 aliphatic rings. The number of fused-ring (bicyclic) bond motifs is 5. The molecule has 5 saturated heterocycles. The lowest BCUT2D eigenvalue weighted by Crippen LogP contribution is -2.50. The molecule has 7 fully saturated rings. The van der Waals surface area contributed by atoms with Gasteiger partial charge in [0.25, 0.3) is 6.43 Å². The Bertz CT molecular complexity index is 7370. The van der Waals surface area contributed by atoms with Crippen LogP contribution in [0.25, 0.3) is 86.8 Å². The zero-order chi connectivity index (χ0) is 101. The number of benzene rings is 1. The number of ether oxygens (including phenoxy) is 5. The first-order valence-corrected chi connectivity index (χ1v) is 58.9. The van der Waals surface area contributed by atoms with Gasteiger partial charge in [0.1, 0.15) is 47.6 Å². The number of nitrogens with zero attached hydrogens (tertiary/aromatic N) is 26. The van der Waals surface area contributed by atoms with E-state index in [1.54, 1.807) is 68.1 Å². The average Bonchev–Trinajstić information content (AvgIpc) is 1.61. The molecule has 22 rings (SSSR count). The summed E-state index contributed by atoms with van der Waals surface area (Å²) in [5.74, 6) is 8.40. The molecule has 0 amide bonds. The second-order valence-corrected chi connectivity index (χ2v) is 50.8. The van der Waals surface area contributed by atoms with Gasteiger partial charge in [-0.3, -0.25) is 24.5 Å². The molecule has 44 heteroatoms. The van der Waals surface area contributed by atoms with Gasteiger partial charge < -0.3 is 48.2 Å². The third-order valence-electron chi connectivity index (χ3n) is 25.6. The second kappa shape index (κ2) is 43.3. The maximum Gasteiger partial charge on any atom is 0.260 e. The molecule has 2 saturated carbocycles. The minimum Gasteiger partial charge on any atom is -0.377 e. The minimum absolute atomic E-state index is 0.0881. The topological polar surface area (TPSA) is 408 Å². The Morgan fingerprint density at radius 1 is 0.410 bits per heavy atom. The Morgan fingerprint density at radius 3 is 1.21 bits per heavy atom. The van der Waals surface area contributed by atoms with Crippen LogP contribution in [0.1, 0.15) is 103 Å². The van der Waals surface area contributed by atoms with E-state index < -0.39 is 73.8 Å². The lowest BCUT2D eigenvalue weighted by atomic mass is 10.1. The molecule has 7 atom stereocenters. The van der Waals surface area contributed by atoms with Gasteiger partial charge in [-0.2, -0.15) is 31.8 Å². The van der Waals surface area contributed by atoms with Crippen molar-refractivity contribution >= 4 is 142 Å². The van der Waals surface area contributed by atoms with E-state index in [2.05, 4.69) is 121 Å². The Balaban J connectivity index is 0.000000118. The molecule has 6 aliphatic carbocycles. The van der Waals surface area contributed by atoms with Crippen molar-refractivity contribution in [1.29, 1.82) is 0 Å². The number of aryl methyl sites for hydroxylation is 2.